The maximum atomic E-state index is 14.7. The summed E-state index contributed by atoms with van der Waals surface area (Å²) < 4.78 is 28.6. The number of hydrogen-bond donors (Lipinski definition) is 0. The van der Waals surface area contributed by atoms with Crippen LogP contribution in [-0.4, -0.2) is 4.34 Å². The van der Waals surface area contributed by atoms with Crippen LogP contribution in [0.1, 0.15) is 35.1 Å². The maximum Gasteiger partial charge on any atom is 0.548 e. The van der Waals surface area contributed by atoms with Crippen molar-refractivity contribution in [3.8, 4) is 11.5 Å². The molecule has 0 unspecified atom stereocenters. The highest BCUT2D eigenvalue weighted by Crippen LogP contribution is 2.55. The zero-order valence-corrected chi connectivity index (χ0v) is 20.7. The molecule has 4 aromatic carbocycles. The molecule has 2 atom stereocenters. The molecule has 0 spiro atoms. The molecule has 1 heterocycles. The Morgan fingerprint density at radius 1 is 0.757 bits per heavy atom. The third kappa shape index (κ3) is 4.25. The second-order valence-corrected chi connectivity index (χ2v) is 10.6. The summed E-state index contributed by atoms with van der Waals surface area (Å²) in [6, 6.07) is 33.6. The van der Waals surface area contributed by atoms with Crippen LogP contribution < -0.4 is 9.05 Å². The predicted molar refractivity (Wildman–Crippen MR) is 144 cm³/mol. The summed E-state index contributed by atoms with van der Waals surface area (Å²) in [6.07, 6.45) is 2.50. The van der Waals surface area contributed by atoms with E-state index < -0.39 is 7.75 Å². The summed E-state index contributed by atoms with van der Waals surface area (Å²) in [5.41, 5.74) is 13.0. The van der Waals surface area contributed by atoms with E-state index in [1.54, 1.807) is 28.6 Å². The van der Waals surface area contributed by atoms with Crippen LogP contribution in [-0.2, 0) is 4.57 Å². The molecule has 37 heavy (non-hydrogen) atoms. The van der Waals surface area contributed by atoms with Crippen LogP contribution in [0.5, 0.6) is 11.5 Å². The molecule has 0 amide bonds. The van der Waals surface area contributed by atoms with E-state index in [0.29, 0.717) is 17.9 Å². The van der Waals surface area contributed by atoms with Crippen molar-refractivity contribution in [2.75, 3.05) is 0 Å². The quantitative estimate of drug-likeness (QED) is 0.0957. The van der Waals surface area contributed by atoms with Crippen molar-refractivity contribution >= 4 is 18.6 Å². The zero-order valence-electron chi connectivity index (χ0n) is 19.8. The van der Waals surface area contributed by atoms with E-state index in [1.165, 1.54) is 0 Å². The lowest BCUT2D eigenvalue weighted by Crippen LogP contribution is -2.09. The minimum atomic E-state index is -3.96. The van der Waals surface area contributed by atoms with E-state index in [4.69, 9.17) is 14.6 Å². The van der Waals surface area contributed by atoms with Crippen molar-refractivity contribution in [3.05, 3.63) is 143 Å². The largest absolute Gasteiger partial charge is 0.548 e. The van der Waals surface area contributed by atoms with Gasteiger partial charge in [-0.1, -0.05) is 84.0 Å². The van der Waals surface area contributed by atoms with Gasteiger partial charge in [0.1, 0.15) is 11.5 Å². The molecule has 0 aliphatic heterocycles. The van der Waals surface area contributed by atoms with Crippen LogP contribution in [0, 0.1) is 0 Å². The fourth-order valence-corrected chi connectivity index (χ4v) is 6.77. The minimum Gasteiger partial charge on any atom is -0.400 e. The highest BCUT2D eigenvalue weighted by molar-refractivity contribution is 7.53. The molecule has 0 fully saturated rings. The number of hydrogen-bond acceptors (Lipinski definition) is 4. The minimum absolute atomic E-state index is 0.0419. The summed E-state index contributed by atoms with van der Waals surface area (Å²) in [5, 5.41) is 5.00. The van der Waals surface area contributed by atoms with Crippen molar-refractivity contribution in [2.24, 2.45) is 5.11 Å². The van der Waals surface area contributed by atoms with Crippen molar-refractivity contribution < 1.29 is 13.6 Å². The monoisotopic (exact) mass is 506 g/mol. The van der Waals surface area contributed by atoms with E-state index in [2.05, 4.69) is 16.1 Å². The van der Waals surface area contributed by atoms with E-state index in [1.807, 2.05) is 85.1 Å². The molecule has 1 aliphatic rings. The van der Waals surface area contributed by atoms with E-state index in [9.17, 15) is 4.57 Å². The molecule has 0 radical (unpaired) electrons. The van der Waals surface area contributed by atoms with Gasteiger partial charge in [0.15, 0.2) is 0 Å². The third-order valence-corrected chi connectivity index (χ3v) is 8.41. The molecule has 1 aromatic heterocycles. The number of rotatable bonds is 7. The standard InChI is InChI=1S/C29H23N4O3P/c30-32-31-28-19-26(23-15-7-8-16-24(23)28)27-20-33(29-18-10-9-17-25(27)29)37(34,35-21-11-3-1-4-12-21)36-22-13-5-2-6-14-22/h1-18,20,26,28H,19H2/t26-,28-/m0/s1. The number of nitrogens with zero attached hydrogens (tertiary/aromatic N) is 4. The fraction of sp³-hybridized carbons (Fsp3) is 0.103. The number of para-hydroxylation sites is 3. The molecule has 1 aliphatic carbocycles. The Labute approximate surface area is 214 Å². The van der Waals surface area contributed by atoms with Crippen LogP contribution >= 0.6 is 7.75 Å². The van der Waals surface area contributed by atoms with Gasteiger partial charge < -0.3 is 9.05 Å². The Balaban J connectivity index is 1.52. The molecule has 0 saturated carbocycles. The van der Waals surface area contributed by atoms with Crippen molar-refractivity contribution in [1.82, 2.24) is 4.34 Å². The first-order valence-corrected chi connectivity index (χ1v) is 13.5. The fourth-order valence-electron chi connectivity index (χ4n) is 5.08. The molecule has 182 valence electrons. The average Bonchev–Trinajstić information content (AvgIpc) is 3.49. The Morgan fingerprint density at radius 2 is 1.32 bits per heavy atom. The van der Waals surface area contributed by atoms with Crippen molar-refractivity contribution in [1.29, 1.82) is 0 Å². The highest BCUT2D eigenvalue weighted by atomic mass is 31.2. The number of fused-ring (bicyclic) bond motifs is 2. The van der Waals surface area contributed by atoms with Crippen LogP contribution in [0.15, 0.2) is 121 Å². The lowest BCUT2D eigenvalue weighted by Gasteiger charge is -2.21. The van der Waals surface area contributed by atoms with Crippen molar-refractivity contribution in [3.63, 3.8) is 0 Å². The zero-order chi connectivity index (χ0) is 25.2. The summed E-state index contributed by atoms with van der Waals surface area (Å²) in [6.45, 7) is 0. The van der Waals surface area contributed by atoms with Crippen molar-refractivity contribution in [2.45, 2.75) is 18.4 Å². The summed E-state index contributed by atoms with van der Waals surface area (Å²) >= 11 is 0. The Bertz CT molecular complexity index is 1620. The van der Waals surface area contributed by atoms with E-state index >= 15 is 0 Å². The lowest BCUT2D eigenvalue weighted by atomic mass is 9.93. The molecular formula is C29H23N4O3P. The first-order valence-electron chi connectivity index (χ1n) is 12.0. The van der Waals surface area contributed by atoms with Crippen LogP contribution in [0.4, 0.5) is 0 Å². The normalized spacial score (nSPS) is 16.6. The predicted octanol–water partition coefficient (Wildman–Crippen LogP) is 8.64. The Hall–Kier alpha value is -4.44. The maximum absolute atomic E-state index is 14.7. The van der Waals surface area contributed by atoms with E-state index in [-0.39, 0.29) is 12.0 Å². The summed E-state index contributed by atoms with van der Waals surface area (Å²) in [4.78, 5) is 3.08. The second-order valence-electron chi connectivity index (χ2n) is 8.86. The molecule has 0 saturated heterocycles. The first kappa shape index (κ1) is 23.0. The number of benzene rings is 4. The smallest absolute Gasteiger partial charge is 0.400 e. The average molecular weight is 507 g/mol. The van der Waals surface area contributed by atoms with Gasteiger partial charge in [-0.2, -0.15) is 0 Å². The number of azide groups is 1. The van der Waals surface area contributed by atoms with Gasteiger partial charge in [0.25, 0.3) is 0 Å². The van der Waals surface area contributed by atoms with E-state index in [0.717, 1.165) is 27.6 Å². The van der Waals surface area contributed by atoms with Crippen LogP contribution in [0.25, 0.3) is 21.3 Å². The molecule has 7 nitrogen and oxygen atoms in total. The molecule has 0 bridgehead atoms. The van der Waals surface area contributed by atoms with Gasteiger partial charge in [0.05, 0.1) is 11.6 Å². The van der Waals surface area contributed by atoms with Gasteiger partial charge in [0.2, 0.25) is 0 Å². The highest BCUT2D eigenvalue weighted by Gasteiger charge is 2.37. The molecule has 5 aromatic rings. The SMILES string of the molecule is [N-]=[N+]=N[C@H]1C[C@H](c2cn(P(=O)(Oc3ccccc3)Oc3ccccc3)c3ccccc23)c2ccccc21. The first-order chi connectivity index (χ1) is 18.2. The van der Waals surface area contributed by atoms with Gasteiger partial charge in [-0.25, -0.2) is 8.90 Å². The van der Waals surface area contributed by atoms with Gasteiger partial charge >= 0.3 is 7.75 Å². The molecular weight excluding hydrogens is 483 g/mol. The second kappa shape index (κ2) is 9.55. The van der Waals surface area contributed by atoms with Crippen LogP contribution in [0.3, 0.4) is 0 Å². The van der Waals surface area contributed by atoms with Gasteiger partial charge in [0, 0.05) is 22.4 Å². The number of aromatic nitrogens is 1. The topological polar surface area (TPSA) is 89.2 Å². The van der Waals surface area contributed by atoms with Gasteiger partial charge in [-0.15, -0.1) is 0 Å². The summed E-state index contributed by atoms with van der Waals surface area (Å²) in [5.74, 6) is 0.839. The van der Waals surface area contributed by atoms with Crippen LogP contribution in [0.2, 0.25) is 0 Å². The Morgan fingerprint density at radius 3 is 1.97 bits per heavy atom. The third-order valence-electron chi connectivity index (χ3n) is 6.67. The Kier molecular flexibility index (Phi) is 5.93. The lowest BCUT2D eigenvalue weighted by molar-refractivity contribution is 0.376. The molecule has 0 N–H and O–H groups in total. The molecule has 6 rings (SSSR count). The summed E-state index contributed by atoms with van der Waals surface area (Å²) in [7, 11) is -3.96. The molecule has 8 heteroatoms. The van der Waals surface area contributed by atoms with Gasteiger partial charge in [-0.3, -0.25) is 0 Å². The van der Waals surface area contributed by atoms with Gasteiger partial charge in [-0.05, 0) is 59.0 Å².